The highest BCUT2D eigenvalue weighted by Gasteiger charge is 2.23. The van der Waals surface area contributed by atoms with E-state index in [2.05, 4.69) is 34.1 Å². The van der Waals surface area contributed by atoms with Crippen LogP contribution >= 0.6 is 0 Å². The molecule has 1 aliphatic rings. The number of H-pyrrole nitrogens is 1. The van der Waals surface area contributed by atoms with Crippen LogP contribution in [-0.2, 0) is 27.3 Å². The summed E-state index contributed by atoms with van der Waals surface area (Å²) in [4.78, 5) is 23.5. The number of carbonyl (C=O) groups excluding carboxylic acids is 1. The topological polar surface area (TPSA) is 85.9 Å². The van der Waals surface area contributed by atoms with Gasteiger partial charge in [-0.25, -0.2) is 9.78 Å². The first-order valence-electron chi connectivity index (χ1n) is 13.9. The predicted octanol–water partition coefficient (Wildman–Crippen LogP) is 6.32. The third-order valence-corrected chi connectivity index (χ3v) is 7.49. The molecule has 3 heterocycles. The lowest BCUT2D eigenvalue weighted by molar-refractivity contribution is -0.0901. The van der Waals surface area contributed by atoms with Crippen molar-refractivity contribution in [3.63, 3.8) is 0 Å². The number of pyridine rings is 1. The van der Waals surface area contributed by atoms with E-state index >= 15 is 0 Å². The minimum absolute atomic E-state index is 0.143. The minimum atomic E-state index is -0.445. The van der Waals surface area contributed by atoms with E-state index in [1.165, 1.54) is 7.11 Å². The molecule has 1 fully saturated rings. The summed E-state index contributed by atoms with van der Waals surface area (Å²) in [6, 6.07) is 28.6. The van der Waals surface area contributed by atoms with Crippen molar-refractivity contribution in [2.24, 2.45) is 0 Å². The lowest BCUT2D eigenvalue weighted by Crippen LogP contribution is -2.24. The molecule has 2 aromatic heterocycles. The molecule has 0 amide bonds. The van der Waals surface area contributed by atoms with Gasteiger partial charge < -0.3 is 28.8 Å². The molecule has 8 nitrogen and oxygen atoms in total. The Morgan fingerprint density at radius 2 is 1.67 bits per heavy atom. The van der Waals surface area contributed by atoms with Crippen LogP contribution in [0, 0.1) is 0 Å². The summed E-state index contributed by atoms with van der Waals surface area (Å²) in [7, 11) is 3.03. The molecule has 1 N–H and O–H groups in total. The summed E-state index contributed by atoms with van der Waals surface area (Å²) in [6.45, 7) is 2.93. The van der Waals surface area contributed by atoms with Gasteiger partial charge in [-0.15, -0.1) is 0 Å². The zero-order valence-electron chi connectivity index (χ0n) is 23.7. The number of benzene rings is 3. The van der Waals surface area contributed by atoms with Gasteiger partial charge in [0.05, 0.1) is 50.8 Å². The number of methoxy groups -OCH3 is 2. The molecule has 1 atom stereocenters. The van der Waals surface area contributed by atoms with Crippen molar-refractivity contribution in [1.82, 2.24) is 9.97 Å². The summed E-state index contributed by atoms with van der Waals surface area (Å²) in [6.07, 6.45) is 1.46. The fraction of sp³-hybridized carbons (Fsp3) is 0.235. The van der Waals surface area contributed by atoms with E-state index in [9.17, 15) is 4.79 Å². The average molecular weight is 564 g/mol. The van der Waals surface area contributed by atoms with Crippen LogP contribution in [-0.4, -0.2) is 50.0 Å². The molecule has 214 valence electrons. The maximum Gasteiger partial charge on any atom is 0.340 e. The number of nitrogens with one attached hydrogen (secondary N) is 1. The molecule has 0 spiro atoms. The molecule has 0 aliphatic carbocycles. The van der Waals surface area contributed by atoms with Crippen LogP contribution in [0.5, 0.6) is 5.75 Å². The molecular formula is C34H33N3O5. The van der Waals surface area contributed by atoms with Gasteiger partial charge in [0.15, 0.2) is 5.82 Å². The van der Waals surface area contributed by atoms with Gasteiger partial charge in [0.25, 0.3) is 0 Å². The van der Waals surface area contributed by atoms with Gasteiger partial charge in [0.2, 0.25) is 0 Å². The zero-order valence-corrected chi connectivity index (χ0v) is 23.7. The third kappa shape index (κ3) is 5.72. The predicted molar refractivity (Wildman–Crippen MR) is 162 cm³/mol. The van der Waals surface area contributed by atoms with Crippen molar-refractivity contribution < 1.29 is 23.7 Å². The number of aromatic amines is 1. The van der Waals surface area contributed by atoms with E-state index in [1.54, 1.807) is 13.3 Å². The van der Waals surface area contributed by atoms with Gasteiger partial charge in [-0.3, -0.25) is 0 Å². The standard InChI is InChI=1S/C34H33N3O5/c1-39-30-17-25(31-22-41-15-16-42-31)13-14-26(30)29-18-27-28(34(38)40-2)19-35-33(32(27)36-29)37(20-23-9-5-3-6-10-23)21-24-11-7-4-8-12-24/h3-14,17-19,31,36H,15-16,20-22H2,1-2H3. The van der Waals surface area contributed by atoms with Gasteiger partial charge in [0.1, 0.15) is 11.9 Å². The van der Waals surface area contributed by atoms with Crippen molar-refractivity contribution in [2.45, 2.75) is 19.2 Å². The Balaban J connectivity index is 1.46. The highest BCUT2D eigenvalue weighted by atomic mass is 16.6. The maximum absolute atomic E-state index is 12.8. The van der Waals surface area contributed by atoms with Gasteiger partial charge in [0, 0.05) is 30.2 Å². The Hall–Kier alpha value is -4.66. The molecule has 1 saturated heterocycles. The molecule has 0 bridgehead atoms. The fourth-order valence-corrected chi connectivity index (χ4v) is 5.38. The Bertz CT molecular complexity index is 1620. The lowest BCUT2D eigenvalue weighted by atomic mass is 10.0. The van der Waals surface area contributed by atoms with E-state index in [4.69, 9.17) is 23.9 Å². The lowest BCUT2D eigenvalue weighted by Gasteiger charge is -2.25. The van der Waals surface area contributed by atoms with E-state index in [1.807, 2.05) is 60.7 Å². The molecule has 5 aromatic rings. The van der Waals surface area contributed by atoms with Gasteiger partial charge in [-0.05, 0) is 34.9 Å². The van der Waals surface area contributed by atoms with E-state index in [0.717, 1.165) is 44.7 Å². The van der Waals surface area contributed by atoms with Crippen LogP contribution in [0.2, 0.25) is 0 Å². The smallest absolute Gasteiger partial charge is 0.340 e. The van der Waals surface area contributed by atoms with Crippen LogP contribution in [0.15, 0.2) is 91.1 Å². The molecule has 0 saturated carbocycles. The van der Waals surface area contributed by atoms with Crippen LogP contribution in [0.25, 0.3) is 22.2 Å². The van der Waals surface area contributed by atoms with Crippen LogP contribution in [0.4, 0.5) is 5.82 Å². The number of hydrogen-bond acceptors (Lipinski definition) is 7. The van der Waals surface area contributed by atoms with E-state index in [-0.39, 0.29) is 6.10 Å². The normalized spacial score (nSPS) is 15.0. The highest BCUT2D eigenvalue weighted by molar-refractivity contribution is 6.08. The second-order valence-corrected chi connectivity index (χ2v) is 10.2. The molecule has 8 heteroatoms. The number of esters is 1. The maximum atomic E-state index is 12.8. The summed E-state index contributed by atoms with van der Waals surface area (Å²) in [5.41, 5.74) is 6.08. The largest absolute Gasteiger partial charge is 0.496 e. The van der Waals surface area contributed by atoms with Gasteiger partial charge in [-0.2, -0.15) is 0 Å². The van der Waals surface area contributed by atoms with Crippen LogP contribution in [0.3, 0.4) is 0 Å². The molecule has 1 unspecified atom stereocenters. The minimum Gasteiger partial charge on any atom is -0.496 e. The second kappa shape index (κ2) is 12.5. The van der Waals surface area contributed by atoms with Crippen LogP contribution < -0.4 is 9.64 Å². The quantitative estimate of drug-likeness (QED) is 0.210. The number of carbonyl (C=O) groups is 1. The van der Waals surface area contributed by atoms with Crippen molar-refractivity contribution in [3.05, 3.63) is 113 Å². The SMILES string of the molecule is COC(=O)c1cnc(N(Cc2ccccc2)Cc2ccccc2)c2[nH]c(-c3ccc(C4COCCO4)cc3OC)cc12. The Labute approximate surface area is 244 Å². The van der Waals surface area contributed by atoms with Crippen molar-refractivity contribution in [1.29, 1.82) is 0 Å². The number of nitrogens with zero attached hydrogens (tertiary/aromatic N) is 2. The number of aromatic nitrogens is 2. The molecular weight excluding hydrogens is 530 g/mol. The number of rotatable bonds is 9. The average Bonchev–Trinajstić information content (AvgIpc) is 3.50. The fourth-order valence-electron chi connectivity index (χ4n) is 5.38. The Morgan fingerprint density at radius 3 is 2.29 bits per heavy atom. The monoisotopic (exact) mass is 563 g/mol. The van der Waals surface area contributed by atoms with Gasteiger partial charge >= 0.3 is 5.97 Å². The second-order valence-electron chi connectivity index (χ2n) is 10.2. The van der Waals surface area contributed by atoms with Crippen molar-refractivity contribution in [2.75, 3.05) is 38.9 Å². The summed E-state index contributed by atoms with van der Waals surface area (Å²) < 4.78 is 22.5. The first-order chi connectivity index (χ1) is 20.6. The number of ether oxygens (including phenoxy) is 4. The Morgan fingerprint density at radius 1 is 0.952 bits per heavy atom. The molecule has 42 heavy (non-hydrogen) atoms. The van der Waals surface area contributed by atoms with Gasteiger partial charge in [-0.1, -0.05) is 66.7 Å². The van der Waals surface area contributed by atoms with E-state index in [0.29, 0.717) is 44.2 Å². The summed E-state index contributed by atoms with van der Waals surface area (Å²) >= 11 is 0. The summed E-state index contributed by atoms with van der Waals surface area (Å²) in [5.74, 6) is 0.978. The van der Waals surface area contributed by atoms with Crippen molar-refractivity contribution in [3.8, 4) is 17.0 Å². The molecule has 6 rings (SSSR count). The summed E-state index contributed by atoms with van der Waals surface area (Å²) in [5, 5.41) is 0.725. The van der Waals surface area contributed by atoms with E-state index < -0.39 is 5.97 Å². The number of anilines is 1. The molecule has 3 aromatic carbocycles. The first-order valence-corrected chi connectivity index (χ1v) is 13.9. The van der Waals surface area contributed by atoms with Crippen molar-refractivity contribution >= 4 is 22.7 Å². The Kier molecular flexibility index (Phi) is 8.16. The number of hydrogen-bond donors (Lipinski definition) is 1. The highest BCUT2D eigenvalue weighted by Crippen LogP contribution is 2.38. The van der Waals surface area contributed by atoms with Crippen LogP contribution in [0.1, 0.15) is 33.2 Å². The molecule has 0 radical (unpaired) electrons. The number of fused-ring (bicyclic) bond motifs is 1. The molecule has 1 aliphatic heterocycles. The first kappa shape index (κ1) is 27.5. The third-order valence-electron chi connectivity index (χ3n) is 7.49. The zero-order chi connectivity index (χ0) is 28.9.